The topological polar surface area (TPSA) is 85.1 Å². The number of para-hydroxylation sites is 1. The quantitative estimate of drug-likeness (QED) is 0.279. The van der Waals surface area contributed by atoms with Crippen LogP contribution >= 0.6 is 11.8 Å². The predicted octanol–water partition coefficient (Wildman–Crippen LogP) is 5.20. The molecule has 0 saturated heterocycles. The summed E-state index contributed by atoms with van der Waals surface area (Å²) in [6.07, 6.45) is 0. The smallest absolute Gasteiger partial charge is 0.271 e. The van der Waals surface area contributed by atoms with Crippen molar-refractivity contribution in [2.24, 2.45) is 0 Å². The molecular formula is C19H17N3O3S. The maximum absolute atomic E-state index is 12.4. The molecule has 0 saturated carbocycles. The number of benzene rings is 2. The molecule has 1 heterocycles. The second kappa shape index (κ2) is 7.53. The zero-order chi connectivity index (χ0) is 18.7. The van der Waals surface area contributed by atoms with Crippen LogP contribution in [-0.2, 0) is 0 Å². The van der Waals surface area contributed by atoms with Crippen LogP contribution in [0.5, 0.6) is 0 Å². The molecule has 0 amide bonds. The highest BCUT2D eigenvalue weighted by molar-refractivity contribution is 7.99. The summed E-state index contributed by atoms with van der Waals surface area (Å²) in [5, 5.41) is 15.7. The van der Waals surface area contributed by atoms with Crippen molar-refractivity contribution >= 4 is 45.5 Å². The Balaban J connectivity index is 2.22. The molecule has 3 rings (SSSR count). The molecule has 132 valence electrons. The molecule has 0 radical (unpaired) electrons. The van der Waals surface area contributed by atoms with Gasteiger partial charge < -0.3 is 5.32 Å². The summed E-state index contributed by atoms with van der Waals surface area (Å²) in [5.41, 5.74) is 2.43. The maximum atomic E-state index is 12.4. The van der Waals surface area contributed by atoms with E-state index in [2.05, 4.69) is 10.3 Å². The van der Waals surface area contributed by atoms with Crippen molar-refractivity contribution in [3.8, 4) is 0 Å². The highest BCUT2D eigenvalue weighted by Crippen LogP contribution is 2.36. The Morgan fingerprint density at radius 3 is 2.69 bits per heavy atom. The molecule has 26 heavy (non-hydrogen) atoms. The molecule has 2 aromatic carbocycles. The van der Waals surface area contributed by atoms with E-state index in [4.69, 9.17) is 0 Å². The van der Waals surface area contributed by atoms with Crippen molar-refractivity contribution in [1.29, 1.82) is 0 Å². The number of pyridine rings is 1. The number of carbonyl (C=O) groups is 1. The number of aromatic nitrogens is 1. The molecule has 0 fully saturated rings. The van der Waals surface area contributed by atoms with Gasteiger partial charge in [0.2, 0.25) is 0 Å². The number of nitro benzene ring substituents is 1. The van der Waals surface area contributed by atoms with Crippen LogP contribution < -0.4 is 5.32 Å². The second-order valence-electron chi connectivity index (χ2n) is 5.61. The molecule has 0 spiro atoms. The number of nitro groups is 1. The third kappa shape index (κ3) is 3.52. The summed E-state index contributed by atoms with van der Waals surface area (Å²) < 4.78 is 0. The Bertz CT molecular complexity index is 1000. The number of ketones is 1. The van der Waals surface area contributed by atoms with Gasteiger partial charge in [-0.2, -0.15) is 0 Å². The lowest BCUT2D eigenvalue weighted by molar-refractivity contribution is -0.384. The first kappa shape index (κ1) is 17.9. The summed E-state index contributed by atoms with van der Waals surface area (Å²) >= 11 is 1.50. The van der Waals surface area contributed by atoms with Crippen molar-refractivity contribution in [2.45, 2.75) is 18.9 Å². The van der Waals surface area contributed by atoms with Crippen molar-refractivity contribution < 1.29 is 9.72 Å². The van der Waals surface area contributed by atoms with Crippen LogP contribution in [0.25, 0.3) is 10.9 Å². The fourth-order valence-corrected chi connectivity index (χ4v) is 3.56. The predicted molar refractivity (Wildman–Crippen MR) is 105 cm³/mol. The van der Waals surface area contributed by atoms with E-state index < -0.39 is 4.92 Å². The van der Waals surface area contributed by atoms with Crippen molar-refractivity contribution in [1.82, 2.24) is 4.98 Å². The largest absolute Gasteiger partial charge is 0.354 e. The van der Waals surface area contributed by atoms with Gasteiger partial charge in [-0.1, -0.05) is 31.2 Å². The molecule has 7 heteroatoms. The third-order valence-electron chi connectivity index (χ3n) is 3.82. The fraction of sp³-hybridized carbons (Fsp3) is 0.158. The van der Waals surface area contributed by atoms with Crippen LogP contribution in [0.15, 0.2) is 53.6 Å². The Morgan fingerprint density at radius 2 is 2.00 bits per heavy atom. The summed E-state index contributed by atoms with van der Waals surface area (Å²) in [5.74, 6) is 0.675. The Morgan fingerprint density at radius 1 is 1.23 bits per heavy atom. The van der Waals surface area contributed by atoms with Crippen molar-refractivity contribution in [3.63, 3.8) is 0 Å². The Kier molecular flexibility index (Phi) is 5.18. The zero-order valence-corrected chi connectivity index (χ0v) is 15.2. The molecule has 0 aliphatic rings. The number of non-ortho nitro benzene ring substituents is 1. The lowest BCUT2D eigenvalue weighted by Gasteiger charge is -2.16. The SMILES string of the molecule is CCSc1nc2ccccc2c(Nc2cccc([N+](=O)[O-])c2)c1C(C)=O. The lowest BCUT2D eigenvalue weighted by Crippen LogP contribution is -2.06. The number of Topliss-reactive ketones (excluding diaryl/α,β-unsaturated/α-hetero) is 1. The molecule has 0 bridgehead atoms. The lowest BCUT2D eigenvalue weighted by atomic mass is 10.1. The monoisotopic (exact) mass is 367 g/mol. The number of thioether (sulfide) groups is 1. The van der Waals surface area contributed by atoms with Crippen LogP contribution in [0, 0.1) is 10.1 Å². The Hall–Kier alpha value is -2.93. The molecule has 1 aromatic heterocycles. The van der Waals surface area contributed by atoms with Crippen molar-refractivity contribution in [2.75, 3.05) is 11.1 Å². The van der Waals surface area contributed by atoms with E-state index in [-0.39, 0.29) is 11.5 Å². The molecule has 0 aliphatic heterocycles. The molecular weight excluding hydrogens is 350 g/mol. The van der Waals surface area contributed by atoms with Crippen LogP contribution in [0.3, 0.4) is 0 Å². The van der Waals surface area contributed by atoms with Crippen LogP contribution in [0.4, 0.5) is 17.1 Å². The first-order valence-corrected chi connectivity index (χ1v) is 9.07. The molecule has 6 nitrogen and oxygen atoms in total. The van der Waals surface area contributed by atoms with Gasteiger partial charge in [-0.25, -0.2) is 4.98 Å². The highest BCUT2D eigenvalue weighted by Gasteiger charge is 2.19. The first-order valence-electron chi connectivity index (χ1n) is 8.09. The van der Waals surface area contributed by atoms with Gasteiger partial charge >= 0.3 is 0 Å². The van der Waals surface area contributed by atoms with Gasteiger partial charge in [0.15, 0.2) is 5.78 Å². The summed E-state index contributed by atoms with van der Waals surface area (Å²) in [6.45, 7) is 3.50. The zero-order valence-electron chi connectivity index (χ0n) is 14.4. The number of rotatable bonds is 6. The molecule has 0 aliphatic carbocycles. The standard InChI is InChI=1S/C19H17N3O3S/c1-3-26-19-17(12(2)23)18(15-9-4-5-10-16(15)21-19)20-13-7-6-8-14(11-13)22(24)25/h4-11H,3H2,1-2H3,(H,20,21). The molecule has 1 N–H and O–H groups in total. The maximum Gasteiger partial charge on any atom is 0.271 e. The average molecular weight is 367 g/mol. The number of nitrogens with one attached hydrogen (secondary N) is 1. The van der Waals surface area contributed by atoms with E-state index in [0.29, 0.717) is 22.0 Å². The van der Waals surface area contributed by atoms with Gasteiger partial charge in [0.25, 0.3) is 5.69 Å². The van der Waals surface area contributed by atoms with E-state index in [0.717, 1.165) is 16.7 Å². The fourth-order valence-electron chi connectivity index (χ4n) is 2.73. The van der Waals surface area contributed by atoms with Gasteiger partial charge in [-0.15, -0.1) is 11.8 Å². The van der Waals surface area contributed by atoms with Gasteiger partial charge in [0.1, 0.15) is 5.03 Å². The third-order valence-corrected chi connectivity index (χ3v) is 4.68. The number of hydrogen-bond acceptors (Lipinski definition) is 6. The number of nitrogens with zero attached hydrogens (tertiary/aromatic N) is 2. The number of hydrogen-bond donors (Lipinski definition) is 1. The first-order chi connectivity index (χ1) is 12.5. The van der Waals surface area contributed by atoms with E-state index in [1.807, 2.05) is 31.2 Å². The minimum absolute atomic E-state index is 0.0131. The van der Waals surface area contributed by atoms with Gasteiger partial charge in [0.05, 0.1) is 21.7 Å². The van der Waals surface area contributed by atoms with E-state index in [9.17, 15) is 14.9 Å². The summed E-state index contributed by atoms with van der Waals surface area (Å²) in [4.78, 5) is 27.6. The highest BCUT2D eigenvalue weighted by atomic mass is 32.2. The van der Waals surface area contributed by atoms with E-state index in [1.54, 1.807) is 12.1 Å². The van der Waals surface area contributed by atoms with Gasteiger partial charge in [-0.05, 0) is 24.8 Å². The van der Waals surface area contributed by atoms with Gasteiger partial charge in [0, 0.05) is 23.2 Å². The van der Waals surface area contributed by atoms with Crippen molar-refractivity contribution in [3.05, 3.63) is 64.2 Å². The molecule has 0 atom stereocenters. The van der Waals surface area contributed by atoms with E-state index >= 15 is 0 Å². The molecule has 3 aromatic rings. The number of carbonyl (C=O) groups excluding carboxylic acids is 1. The molecule has 0 unspecified atom stereocenters. The van der Waals surface area contributed by atoms with Crippen LogP contribution in [0.2, 0.25) is 0 Å². The summed E-state index contributed by atoms with van der Waals surface area (Å²) in [7, 11) is 0. The minimum Gasteiger partial charge on any atom is -0.354 e. The minimum atomic E-state index is -0.444. The van der Waals surface area contributed by atoms with Crippen LogP contribution in [0.1, 0.15) is 24.2 Å². The van der Waals surface area contributed by atoms with E-state index in [1.165, 1.54) is 30.8 Å². The van der Waals surface area contributed by atoms with Crippen LogP contribution in [-0.4, -0.2) is 21.4 Å². The number of fused-ring (bicyclic) bond motifs is 1. The van der Waals surface area contributed by atoms with Gasteiger partial charge in [-0.3, -0.25) is 14.9 Å². The Labute approximate surface area is 154 Å². The second-order valence-corrected chi connectivity index (χ2v) is 6.86. The number of anilines is 2. The summed E-state index contributed by atoms with van der Waals surface area (Å²) in [6, 6.07) is 13.8. The average Bonchev–Trinajstić information content (AvgIpc) is 2.62. The normalized spacial score (nSPS) is 10.7.